The molecule has 0 saturated carbocycles. The summed E-state index contributed by atoms with van der Waals surface area (Å²) in [5, 5.41) is 5.77. The van der Waals surface area contributed by atoms with E-state index in [1.54, 1.807) is 61.7 Å². The van der Waals surface area contributed by atoms with Crippen molar-refractivity contribution in [2.45, 2.75) is 71.2 Å². The minimum absolute atomic E-state index is 0.308. The first-order valence-electron chi connectivity index (χ1n) is 13.3. The number of hydrogen-bond donors (Lipinski definition) is 2. The molecule has 2 unspecified atom stereocenters. The predicted molar refractivity (Wildman–Crippen MR) is 158 cm³/mol. The lowest BCUT2D eigenvalue weighted by Crippen LogP contribution is -2.53. The second kappa shape index (κ2) is 15.8. The number of carbonyl (C=O) groups excluding carboxylic acids is 3. The molecule has 210 valence electrons. The Kier molecular flexibility index (Phi) is 12.9. The molecule has 2 atom stereocenters. The summed E-state index contributed by atoms with van der Waals surface area (Å²) in [5.74, 6) is 2.60. The Balaban J connectivity index is 2.45. The van der Waals surface area contributed by atoms with Gasteiger partial charge in [-0.05, 0) is 68.9 Å². The van der Waals surface area contributed by atoms with E-state index in [1.165, 1.54) is 0 Å². The van der Waals surface area contributed by atoms with Crippen LogP contribution < -0.4 is 10.6 Å². The van der Waals surface area contributed by atoms with Gasteiger partial charge in [0, 0.05) is 18.7 Å². The van der Waals surface area contributed by atoms with Crippen LogP contribution in [-0.4, -0.2) is 53.0 Å². The van der Waals surface area contributed by atoms with Crippen LogP contribution >= 0.6 is 11.8 Å². The van der Waals surface area contributed by atoms with E-state index in [9.17, 15) is 14.4 Å². The first-order chi connectivity index (χ1) is 18.6. The lowest BCUT2D eigenvalue weighted by atomic mass is 10.00. The van der Waals surface area contributed by atoms with Crippen molar-refractivity contribution in [1.82, 2.24) is 15.5 Å². The van der Waals surface area contributed by atoms with Crippen LogP contribution in [0.5, 0.6) is 0 Å². The highest BCUT2D eigenvalue weighted by atomic mass is 32.2. The van der Waals surface area contributed by atoms with E-state index in [4.69, 9.17) is 11.2 Å². The van der Waals surface area contributed by atoms with Crippen LogP contribution in [0.4, 0.5) is 4.79 Å². The van der Waals surface area contributed by atoms with Crippen molar-refractivity contribution in [1.29, 1.82) is 0 Å². The van der Waals surface area contributed by atoms with Gasteiger partial charge in [-0.2, -0.15) is 11.8 Å². The maximum absolute atomic E-state index is 14.1. The van der Waals surface area contributed by atoms with Gasteiger partial charge in [0.25, 0.3) is 0 Å². The molecule has 39 heavy (non-hydrogen) atoms. The molecule has 2 N–H and O–H groups in total. The Bertz CT molecular complexity index is 1110. The van der Waals surface area contributed by atoms with Gasteiger partial charge in [-0.25, -0.2) is 4.79 Å². The molecule has 7 nitrogen and oxygen atoms in total. The van der Waals surface area contributed by atoms with Gasteiger partial charge in [-0.15, -0.1) is 6.42 Å². The van der Waals surface area contributed by atoms with Crippen LogP contribution in [-0.2, 0) is 20.9 Å². The van der Waals surface area contributed by atoms with Crippen LogP contribution in [0.3, 0.4) is 0 Å². The van der Waals surface area contributed by atoms with Crippen LogP contribution in [0.1, 0.15) is 69.7 Å². The highest BCUT2D eigenvalue weighted by Gasteiger charge is 2.35. The fourth-order valence-corrected chi connectivity index (χ4v) is 4.43. The number of amides is 3. The first-order valence-corrected chi connectivity index (χ1v) is 14.7. The molecule has 0 aliphatic rings. The molecular formula is C31H41N3O4S. The average molecular weight is 552 g/mol. The Hall–Kier alpha value is -3.44. The van der Waals surface area contributed by atoms with Crippen molar-refractivity contribution in [2.75, 3.05) is 18.6 Å². The van der Waals surface area contributed by atoms with Gasteiger partial charge in [0.2, 0.25) is 11.8 Å². The Morgan fingerprint density at radius 3 is 2.31 bits per heavy atom. The molecule has 8 heteroatoms. The van der Waals surface area contributed by atoms with Gasteiger partial charge in [0.1, 0.15) is 17.7 Å². The predicted octanol–water partition coefficient (Wildman–Crippen LogP) is 5.30. The standard InChI is InChI=1S/C31H41N3O4S/c1-7-9-20-34(29(36)26(19-21-39-6)33-30(37)38-31(3,4)5)27(25-17-15-23(8-2)16-18-25)28(35)32-22-24-13-11-10-12-14-24/h2,10-18,26-27H,7,9,19-22H2,1,3-6H3,(H,32,35)(H,33,37). The van der Waals surface area contributed by atoms with Crippen molar-refractivity contribution >= 4 is 29.7 Å². The summed E-state index contributed by atoms with van der Waals surface area (Å²) in [7, 11) is 0. The molecule has 0 saturated heterocycles. The van der Waals surface area contributed by atoms with Gasteiger partial charge in [-0.3, -0.25) is 9.59 Å². The quantitative estimate of drug-likeness (QED) is 0.330. The summed E-state index contributed by atoms with van der Waals surface area (Å²) in [6.45, 7) is 8.00. The van der Waals surface area contributed by atoms with Crippen molar-refractivity contribution in [3.8, 4) is 12.3 Å². The van der Waals surface area contributed by atoms with Gasteiger partial charge >= 0.3 is 6.09 Å². The molecule has 0 fully saturated rings. The summed E-state index contributed by atoms with van der Waals surface area (Å²) in [5.41, 5.74) is 1.56. The van der Waals surface area contributed by atoms with Crippen molar-refractivity contribution in [3.05, 3.63) is 71.3 Å². The fraction of sp³-hybridized carbons (Fsp3) is 0.452. The van der Waals surface area contributed by atoms with Crippen LogP contribution in [0.2, 0.25) is 0 Å². The van der Waals surface area contributed by atoms with E-state index in [2.05, 4.69) is 16.6 Å². The van der Waals surface area contributed by atoms with E-state index in [0.717, 1.165) is 12.0 Å². The number of carbonyl (C=O) groups is 3. The second-order valence-corrected chi connectivity index (χ2v) is 11.2. The van der Waals surface area contributed by atoms with Gasteiger partial charge in [0.15, 0.2) is 0 Å². The number of thioether (sulfide) groups is 1. The molecule has 0 radical (unpaired) electrons. The summed E-state index contributed by atoms with van der Waals surface area (Å²) in [4.78, 5) is 42.1. The van der Waals surface area contributed by atoms with Crippen LogP contribution in [0.25, 0.3) is 0 Å². The second-order valence-electron chi connectivity index (χ2n) is 10.2. The zero-order chi connectivity index (χ0) is 28.8. The van der Waals surface area contributed by atoms with Crippen molar-refractivity contribution in [2.24, 2.45) is 0 Å². The average Bonchev–Trinajstić information content (AvgIpc) is 2.91. The lowest BCUT2D eigenvalue weighted by Gasteiger charge is -2.34. The zero-order valence-corrected chi connectivity index (χ0v) is 24.5. The largest absolute Gasteiger partial charge is 0.444 e. The number of benzene rings is 2. The van der Waals surface area contributed by atoms with Crippen molar-refractivity contribution < 1.29 is 19.1 Å². The third kappa shape index (κ3) is 10.7. The third-order valence-electron chi connectivity index (χ3n) is 5.90. The van der Waals surface area contributed by atoms with E-state index in [-0.39, 0.29) is 11.8 Å². The van der Waals surface area contributed by atoms with Crippen LogP contribution in [0.15, 0.2) is 54.6 Å². The molecule has 0 aliphatic carbocycles. The lowest BCUT2D eigenvalue weighted by molar-refractivity contribution is -0.142. The Morgan fingerprint density at radius 2 is 1.74 bits per heavy atom. The number of nitrogens with one attached hydrogen (secondary N) is 2. The molecule has 0 aromatic heterocycles. The Labute approximate surface area is 237 Å². The number of alkyl carbamates (subject to hydrolysis) is 1. The number of rotatable bonds is 13. The van der Waals surface area contributed by atoms with Gasteiger partial charge in [-0.1, -0.05) is 61.7 Å². The molecule has 2 aromatic rings. The molecule has 0 spiro atoms. The van der Waals surface area contributed by atoms with E-state index >= 15 is 0 Å². The molecule has 0 heterocycles. The maximum Gasteiger partial charge on any atom is 0.408 e. The highest BCUT2D eigenvalue weighted by Crippen LogP contribution is 2.25. The number of terminal acetylenes is 1. The van der Waals surface area contributed by atoms with E-state index in [1.807, 2.05) is 43.5 Å². The topological polar surface area (TPSA) is 87.7 Å². The molecule has 2 aromatic carbocycles. The van der Waals surface area contributed by atoms with E-state index < -0.39 is 23.8 Å². The fourth-order valence-electron chi connectivity index (χ4n) is 3.95. The first kappa shape index (κ1) is 31.8. The summed E-state index contributed by atoms with van der Waals surface area (Å²) in [6.07, 6.45) is 8.74. The Morgan fingerprint density at radius 1 is 1.08 bits per heavy atom. The maximum atomic E-state index is 14.1. The summed E-state index contributed by atoms with van der Waals surface area (Å²) in [6, 6.07) is 14.9. The van der Waals surface area contributed by atoms with Crippen LogP contribution in [0, 0.1) is 12.3 Å². The summed E-state index contributed by atoms with van der Waals surface area (Å²) < 4.78 is 5.44. The minimum atomic E-state index is -0.906. The van der Waals surface area contributed by atoms with E-state index in [0.29, 0.717) is 42.8 Å². The molecule has 2 rings (SSSR count). The number of ether oxygens (including phenoxy) is 1. The normalized spacial score (nSPS) is 12.5. The smallest absolute Gasteiger partial charge is 0.408 e. The number of nitrogens with zero attached hydrogens (tertiary/aromatic N) is 1. The zero-order valence-electron chi connectivity index (χ0n) is 23.7. The molecule has 0 aliphatic heterocycles. The SMILES string of the molecule is C#Cc1ccc(C(C(=O)NCc2ccccc2)N(CCCC)C(=O)C(CCSC)NC(=O)OC(C)(C)C)cc1. The molecular weight excluding hydrogens is 510 g/mol. The summed E-state index contributed by atoms with van der Waals surface area (Å²) >= 11 is 1.58. The molecule has 0 bridgehead atoms. The monoisotopic (exact) mass is 551 g/mol. The van der Waals surface area contributed by atoms with Crippen molar-refractivity contribution in [3.63, 3.8) is 0 Å². The minimum Gasteiger partial charge on any atom is -0.444 e. The van der Waals surface area contributed by atoms with Gasteiger partial charge < -0.3 is 20.3 Å². The third-order valence-corrected chi connectivity index (χ3v) is 6.54. The highest BCUT2D eigenvalue weighted by molar-refractivity contribution is 7.98. The number of unbranched alkanes of at least 4 members (excludes halogenated alkanes) is 1. The van der Waals surface area contributed by atoms with Gasteiger partial charge in [0.05, 0.1) is 0 Å². The number of hydrogen-bond acceptors (Lipinski definition) is 5. The molecule has 3 amide bonds.